The molecule has 1 atom stereocenters. The molecule has 0 aliphatic heterocycles. The highest BCUT2D eigenvalue weighted by Gasteiger charge is 2.13. The zero-order chi connectivity index (χ0) is 21.6. The topological polar surface area (TPSA) is 91.0 Å². The molecule has 2 rings (SSSR count). The number of hydrogen-bond donors (Lipinski definition) is 3. The van der Waals surface area contributed by atoms with E-state index in [1.807, 2.05) is 0 Å². The summed E-state index contributed by atoms with van der Waals surface area (Å²) in [5, 5.41) is 10.5. The van der Waals surface area contributed by atoms with Crippen LogP contribution in [0.2, 0.25) is 0 Å². The molecule has 0 heterocycles. The number of amides is 1. The molecule has 0 aliphatic carbocycles. The first-order chi connectivity index (χ1) is 13.7. The summed E-state index contributed by atoms with van der Waals surface area (Å²) in [7, 11) is 2.11. The first-order valence-corrected chi connectivity index (χ1v) is 9.26. The minimum Gasteiger partial charge on any atom is -0.396 e. The van der Waals surface area contributed by atoms with E-state index in [1.54, 1.807) is 6.92 Å². The second kappa shape index (κ2) is 10.3. The van der Waals surface area contributed by atoms with E-state index >= 15 is 0 Å². The fourth-order valence-corrected chi connectivity index (χ4v) is 2.91. The minimum atomic E-state index is -1.01. The molecule has 0 radical (unpaired) electrons. The van der Waals surface area contributed by atoms with Crippen LogP contribution in [0.4, 0.5) is 18.9 Å². The fourth-order valence-electron chi connectivity index (χ4n) is 2.56. The minimum absolute atomic E-state index is 0.0199. The lowest BCUT2D eigenvalue weighted by atomic mass is 10.1. The van der Waals surface area contributed by atoms with Crippen LogP contribution in [0.5, 0.6) is 0 Å². The number of aliphatic imine (C=N–C) groups is 1. The molecule has 0 aromatic heterocycles. The second-order valence-electron chi connectivity index (χ2n) is 6.30. The van der Waals surface area contributed by atoms with Crippen molar-refractivity contribution in [1.82, 2.24) is 5.01 Å². The molecular formula is C19H22F3N4O2P. The summed E-state index contributed by atoms with van der Waals surface area (Å²) in [5.41, 5.74) is 9.99. The van der Waals surface area contributed by atoms with Crippen molar-refractivity contribution in [2.24, 2.45) is 10.7 Å². The van der Waals surface area contributed by atoms with Crippen LogP contribution >= 0.6 is 9.24 Å². The van der Waals surface area contributed by atoms with Gasteiger partial charge in [-0.25, -0.2) is 18.2 Å². The molecule has 29 heavy (non-hydrogen) atoms. The zero-order valence-corrected chi connectivity index (χ0v) is 16.9. The Kier molecular flexibility index (Phi) is 8.13. The number of hydrazine groups is 1. The van der Waals surface area contributed by atoms with E-state index in [2.05, 4.69) is 19.7 Å². The van der Waals surface area contributed by atoms with Crippen molar-refractivity contribution in [1.29, 1.82) is 0 Å². The van der Waals surface area contributed by atoms with Gasteiger partial charge >= 0.3 is 0 Å². The largest absolute Gasteiger partial charge is 0.396 e. The lowest BCUT2D eigenvalue weighted by molar-refractivity contribution is -0.116. The summed E-state index contributed by atoms with van der Waals surface area (Å²) in [6.45, 7) is 1.18. The van der Waals surface area contributed by atoms with Crippen molar-refractivity contribution in [3.05, 3.63) is 58.4 Å². The Balaban J connectivity index is 2.35. The summed E-state index contributed by atoms with van der Waals surface area (Å²) in [4.78, 5) is 15.1. The molecule has 1 unspecified atom stereocenters. The quantitative estimate of drug-likeness (QED) is 0.259. The highest BCUT2D eigenvalue weighted by Crippen LogP contribution is 2.22. The molecule has 10 heteroatoms. The van der Waals surface area contributed by atoms with Gasteiger partial charge in [-0.15, -0.1) is 9.24 Å². The highest BCUT2D eigenvalue weighted by molar-refractivity contribution is 7.27. The SMILES string of the molecule is Cc1cc(F)c(CCO)cc1NN(C=NC(=O)CN)Cc1cc(F)c(F)c(P)c1. The maximum atomic E-state index is 14.0. The third-order valence-electron chi connectivity index (χ3n) is 4.02. The number of carbonyl (C=O) groups excluding carboxylic acids is 1. The van der Waals surface area contributed by atoms with Crippen LogP contribution in [0.3, 0.4) is 0 Å². The Morgan fingerprint density at radius 2 is 2.00 bits per heavy atom. The summed E-state index contributed by atoms with van der Waals surface area (Å²) < 4.78 is 41.3. The number of aryl methyl sites for hydroxylation is 1. The fraction of sp³-hybridized carbons (Fsp3) is 0.263. The smallest absolute Gasteiger partial charge is 0.260 e. The van der Waals surface area contributed by atoms with Gasteiger partial charge in [0.25, 0.3) is 5.91 Å². The molecule has 4 N–H and O–H groups in total. The standard InChI is InChI=1S/C19H22F3N4O2P/c1-11-4-14(20)13(2-3-27)7-16(11)25-26(10-24-18(28)8-23)9-12-5-15(21)19(22)17(29)6-12/h4-7,10,25,27H,2-3,8-9,23,29H2,1H3. The van der Waals surface area contributed by atoms with Gasteiger partial charge < -0.3 is 10.8 Å². The molecule has 0 aliphatic rings. The van der Waals surface area contributed by atoms with E-state index in [9.17, 15) is 18.0 Å². The molecule has 6 nitrogen and oxygen atoms in total. The lowest BCUT2D eigenvalue weighted by Crippen LogP contribution is -2.30. The molecule has 156 valence electrons. The van der Waals surface area contributed by atoms with E-state index in [0.717, 1.165) is 6.07 Å². The Labute approximate surface area is 168 Å². The lowest BCUT2D eigenvalue weighted by Gasteiger charge is -2.24. The van der Waals surface area contributed by atoms with E-state index in [4.69, 9.17) is 10.8 Å². The van der Waals surface area contributed by atoms with Crippen molar-refractivity contribution in [2.75, 3.05) is 18.6 Å². The van der Waals surface area contributed by atoms with Crippen molar-refractivity contribution in [2.45, 2.75) is 19.9 Å². The van der Waals surface area contributed by atoms with Crippen LogP contribution in [0.15, 0.2) is 29.3 Å². The van der Waals surface area contributed by atoms with Gasteiger partial charge in [-0.1, -0.05) is 0 Å². The number of nitrogens with two attached hydrogens (primary N) is 1. The molecule has 1 amide bonds. The number of rotatable bonds is 8. The van der Waals surface area contributed by atoms with Gasteiger partial charge in [0.1, 0.15) is 12.2 Å². The predicted molar refractivity (Wildman–Crippen MR) is 109 cm³/mol. The molecule has 0 saturated carbocycles. The first-order valence-electron chi connectivity index (χ1n) is 8.68. The number of aliphatic hydroxyl groups is 1. The summed E-state index contributed by atoms with van der Waals surface area (Å²) in [5.74, 6) is -3.00. The monoisotopic (exact) mass is 426 g/mol. The summed E-state index contributed by atoms with van der Waals surface area (Å²) in [6.07, 6.45) is 1.30. The van der Waals surface area contributed by atoms with Crippen LogP contribution in [0, 0.1) is 24.4 Å². The molecular weight excluding hydrogens is 404 g/mol. The third kappa shape index (κ3) is 6.25. The van der Waals surface area contributed by atoms with Crippen LogP contribution in [0.1, 0.15) is 16.7 Å². The predicted octanol–water partition coefficient (Wildman–Crippen LogP) is 1.79. The number of aliphatic hydroxyl groups excluding tert-OH is 1. The maximum absolute atomic E-state index is 14.0. The van der Waals surface area contributed by atoms with Gasteiger partial charge in [-0.3, -0.25) is 15.2 Å². The van der Waals surface area contributed by atoms with Crippen molar-refractivity contribution in [3.63, 3.8) is 0 Å². The Morgan fingerprint density at radius 3 is 2.62 bits per heavy atom. The zero-order valence-electron chi connectivity index (χ0n) is 15.8. The molecule has 2 aromatic carbocycles. The number of nitrogens with one attached hydrogen (secondary N) is 1. The number of benzene rings is 2. The molecule has 0 bridgehead atoms. The third-order valence-corrected chi connectivity index (χ3v) is 4.44. The Morgan fingerprint density at radius 1 is 1.28 bits per heavy atom. The van der Waals surface area contributed by atoms with Gasteiger partial charge in [-0.05, 0) is 54.3 Å². The van der Waals surface area contributed by atoms with Gasteiger partial charge in [0.2, 0.25) is 0 Å². The van der Waals surface area contributed by atoms with E-state index in [0.29, 0.717) is 22.4 Å². The molecule has 2 aromatic rings. The number of nitrogens with zero attached hydrogens (tertiary/aromatic N) is 2. The van der Waals surface area contributed by atoms with Crippen molar-refractivity contribution < 1.29 is 23.1 Å². The van der Waals surface area contributed by atoms with E-state index < -0.39 is 23.4 Å². The van der Waals surface area contributed by atoms with E-state index in [-0.39, 0.29) is 31.4 Å². The first kappa shape index (κ1) is 22.8. The highest BCUT2D eigenvalue weighted by atomic mass is 31.0. The Bertz CT molecular complexity index is 902. The molecule has 0 saturated heterocycles. The number of carbonyl (C=O) groups is 1. The number of anilines is 1. The summed E-state index contributed by atoms with van der Waals surface area (Å²) >= 11 is 0. The normalized spacial score (nSPS) is 11.1. The second-order valence-corrected chi connectivity index (χ2v) is 6.92. The van der Waals surface area contributed by atoms with Gasteiger partial charge in [0.15, 0.2) is 11.6 Å². The molecule has 0 fully saturated rings. The maximum Gasteiger partial charge on any atom is 0.260 e. The van der Waals surface area contributed by atoms with Gasteiger partial charge in [0, 0.05) is 11.9 Å². The van der Waals surface area contributed by atoms with E-state index in [1.165, 1.54) is 29.5 Å². The average molecular weight is 426 g/mol. The van der Waals surface area contributed by atoms with Gasteiger partial charge in [-0.2, -0.15) is 0 Å². The van der Waals surface area contributed by atoms with Crippen LogP contribution in [-0.4, -0.2) is 35.5 Å². The van der Waals surface area contributed by atoms with Crippen LogP contribution in [-0.2, 0) is 17.8 Å². The number of hydrogen-bond acceptors (Lipinski definition) is 4. The molecule has 0 spiro atoms. The summed E-state index contributed by atoms with van der Waals surface area (Å²) in [6, 6.07) is 5.31. The van der Waals surface area contributed by atoms with Gasteiger partial charge in [0.05, 0.1) is 18.8 Å². The van der Waals surface area contributed by atoms with Crippen molar-refractivity contribution in [3.8, 4) is 0 Å². The Hall–Kier alpha value is -2.48. The average Bonchev–Trinajstić information content (AvgIpc) is 2.67. The van der Waals surface area contributed by atoms with Crippen LogP contribution in [0.25, 0.3) is 0 Å². The number of halogens is 3. The van der Waals surface area contributed by atoms with Crippen LogP contribution < -0.4 is 16.5 Å². The van der Waals surface area contributed by atoms with Crippen molar-refractivity contribution >= 4 is 32.5 Å².